The fraction of sp³-hybridized carbons (Fsp3) is 0.500. The number of alkyl halides is 3. The first-order chi connectivity index (χ1) is 7.27. The Morgan fingerprint density at radius 1 is 1.25 bits per heavy atom. The van der Waals surface area contributed by atoms with Gasteiger partial charge >= 0.3 is 4.83 Å². The van der Waals surface area contributed by atoms with E-state index >= 15 is 0 Å². The molecule has 0 saturated heterocycles. The van der Waals surface area contributed by atoms with Crippen molar-refractivity contribution in [2.75, 3.05) is 0 Å². The molecule has 0 radical (unpaired) electrons. The Labute approximate surface area is 103 Å². The molecule has 0 aliphatic rings. The highest BCUT2D eigenvalue weighted by Crippen LogP contribution is 2.46. The molecule has 1 N–H and O–H groups in total. The van der Waals surface area contributed by atoms with Gasteiger partial charge in [0.05, 0.1) is 0 Å². The molecule has 90 valence electrons. The van der Waals surface area contributed by atoms with Crippen molar-refractivity contribution in [2.45, 2.75) is 30.7 Å². The maximum Gasteiger partial charge on any atom is 0.333 e. The quantitative estimate of drug-likeness (QED) is 0.835. The molecule has 1 aromatic carbocycles. The lowest BCUT2D eigenvalue weighted by atomic mass is 9.86. The van der Waals surface area contributed by atoms with Gasteiger partial charge in [-0.25, -0.2) is 0 Å². The van der Waals surface area contributed by atoms with E-state index in [4.69, 9.17) is 0 Å². The van der Waals surface area contributed by atoms with Crippen LogP contribution < -0.4 is 0 Å². The molecular formula is C12H15BrF2O. The number of aliphatic hydroxyl groups is 1. The molecule has 0 bridgehead atoms. The molecule has 1 rings (SSSR count). The van der Waals surface area contributed by atoms with E-state index in [9.17, 15) is 13.9 Å². The Morgan fingerprint density at radius 3 is 2.12 bits per heavy atom. The number of halogens is 3. The third kappa shape index (κ3) is 2.80. The van der Waals surface area contributed by atoms with Gasteiger partial charge in [0.15, 0.2) is 5.60 Å². The first-order valence-electron chi connectivity index (χ1n) is 5.12. The summed E-state index contributed by atoms with van der Waals surface area (Å²) >= 11 is 2.28. The van der Waals surface area contributed by atoms with Crippen molar-refractivity contribution in [2.24, 2.45) is 5.92 Å². The second-order valence-corrected chi connectivity index (χ2v) is 5.32. The normalized spacial score (nSPS) is 16.2. The minimum atomic E-state index is -3.34. The first-order valence-corrected chi connectivity index (χ1v) is 5.91. The average molecular weight is 293 g/mol. The molecule has 0 aromatic heterocycles. The fourth-order valence-electron chi connectivity index (χ4n) is 1.70. The second-order valence-electron chi connectivity index (χ2n) is 4.32. The Hall–Kier alpha value is -0.480. The van der Waals surface area contributed by atoms with Crippen LogP contribution in [0.1, 0.15) is 25.8 Å². The summed E-state index contributed by atoms with van der Waals surface area (Å²) in [6.07, 6.45) is -0.00470. The van der Waals surface area contributed by atoms with Crippen molar-refractivity contribution in [3.05, 3.63) is 35.9 Å². The maximum absolute atomic E-state index is 13.5. The predicted octanol–water partition coefficient (Wildman–Crippen LogP) is 3.91. The number of benzene rings is 1. The van der Waals surface area contributed by atoms with Crippen LogP contribution >= 0.6 is 15.9 Å². The van der Waals surface area contributed by atoms with Crippen molar-refractivity contribution in [3.8, 4) is 0 Å². The molecule has 0 spiro atoms. The van der Waals surface area contributed by atoms with E-state index in [0.29, 0.717) is 0 Å². The summed E-state index contributed by atoms with van der Waals surface area (Å²) in [6.45, 7) is 3.60. The van der Waals surface area contributed by atoms with Crippen LogP contribution in [0.15, 0.2) is 30.3 Å². The van der Waals surface area contributed by atoms with Crippen molar-refractivity contribution in [1.29, 1.82) is 0 Å². The van der Waals surface area contributed by atoms with Crippen LogP contribution in [0.25, 0.3) is 0 Å². The van der Waals surface area contributed by atoms with Crippen molar-refractivity contribution in [1.82, 2.24) is 0 Å². The third-order valence-corrected chi connectivity index (χ3v) is 3.08. The highest BCUT2D eigenvalue weighted by atomic mass is 79.9. The van der Waals surface area contributed by atoms with Crippen molar-refractivity contribution in [3.63, 3.8) is 0 Å². The average Bonchev–Trinajstić information content (AvgIpc) is 2.16. The van der Waals surface area contributed by atoms with Gasteiger partial charge in [-0.1, -0.05) is 44.2 Å². The molecule has 1 atom stereocenters. The Kier molecular flexibility index (Phi) is 4.07. The van der Waals surface area contributed by atoms with E-state index < -0.39 is 10.4 Å². The van der Waals surface area contributed by atoms with Gasteiger partial charge in [-0.15, -0.1) is 0 Å². The molecule has 1 nitrogen and oxygen atoms in total. The lowest BCUT2D eigenvalue weighted by Gasteiger charge is -2.34. The summed E-state index contributed by atoms with van der Waals surface area (Å²) in [5, 5.41) is 10.2. The Bertz CT molecular complexity index is 335. The first kappa shape index (κ1) is 13.6. The van der Waals surface area contributed by atoms with E-state index in [2.05, 4.69) is 15.9 Å². The van der Waals surface area contributed by atoms with Crippen molar-refractivity contribution >= 4 is 15.9 Å². The summed E-state index contributed by atoms with van der Waals surface area (Å²) in [5.41, 5.74) is -1.94. The van der Waals surface area contributed by atoms with Gasteiger partial charge in [-0.05, 0) is 33.8 Å². The lowest BCUT2D eigenvalue weighted by molar-refractivity contribution is -0.132. The lowest BCUT2D eigenvalue weighted by Crippen LogP contribution is -2.42. The number of rotatable bonds is 4. The zero-order valence-corrected chi connectivity index (χ0v) is 10.8. The summed E-state index contributed by atoms with van der Waals surface area (Å²) in [6, 6.07) is 8.03. The molecule has 0 aliphatic heterocycles. The standard InChI is InChI=1S/C12H15BrF2O/c1-9(2)8-11(16,12(13,14)15)10-6-4-3-5-7-10/h3-7,9,16H,8H2,1-2H3. The van der Waals surface area contributed by atoms with E-state index in [0.717, 1.165) is 0 Å². The van der Waals surface area contributed by atoms with Crippen LogP contribution in [0.3, 0.4) is 0 Å². The van der Waals surface area contributed by atoms with Crippen LogP contribution in [0, 0.1) is 5.92 Å². The second kappa shape index (κ2) is 4.80. The zero-order chi connectivity index (χ0) is 12.4. The molecule has 0 saturated carbocycles. The smallest absolute Gasteiger partial charge is 0.333 e. The van der Waals surface area contributed by atoms with Crippen LogP contribution in [0.2, 0.25) is 0 Å². The van der Waals surface area contributed by atoms with Crippen molar-refractivity contribution < 1.29 is 13.9 Å². The predicted molar refractivity (Wildman–Crippen MR) is 63.7 cm³/mol. The molecule has 0 amide bonds. The fourth-order valence-corrected chi connectivity index (χ4v) is 2.09. The van der Waals surface area contributed by atoms with E-state index in [1.54, 1.807) is 32.0 Å². The minimum absolute atomic E-state index is 0.00470. The SMILES string of the molecule is CC(C)CC(O)(c1ccccc1)C(F)(F)Br. The van der Waals surface area contributed by atoms with Crippen LogP contribution in [-0.4, -0.2) is 9.94 Å². The highest BCUT2D eigenvalue weighted by Gasteiger charge is 2.51. The minimum Gasteiger partial charge on any atom is -0.378 e. The summed E-state index contributed by atoms with van der Waals surface area (Å²) in [4.78, 5) is -3.34. The van der Waals surface area contributed by atoms with Gasteiger partial charge < -0.3 is 5.11 Å². The molecule has 1 unspecified atom stereocenters. The summed E-state index contributed by atoms with van der Waals surface area (Å²) in [7, 11) is 0. The Balaban J connectivity index is 3.16. The summed E-state index contributed by atoms with van der Waals surface area (Å²) < 4.78 is 27.0. The van der Waals surface area contributed by atoms with Gasteiger partial charge in [0.25, 0.3) is 0 Å². The molecule has 1 aromatic rings. The van der Waals surface area contributed by atoms with E-state index in [-0.39, 0.29) is 17.9 Å². The summed E-state index contributed by atoms with van der Waals surface area (Å²) in [5.74, 6) is -0.0337. The number of hydrogen-bond acceptors (Lipinski definition) is 1. The maximum atomic E-state index is 13.5. The Morgan fingerprint density at radius 2 is 1.75 bits per heavy atom. The topological polar surface area (TPSA) is 20.2 Å². The number of hydrogen-bond donors (Lipinski definition) is 1. The van der Waals surface area contributed by atoms with E-state index in [1.165, 1.54) is 12.1 Å². The van der Waals surface area contributed by atoms with Gasteiger partial charge in [-0.3, -0.25) is 0 Å². The monoisotopic (exact) mass is 292 g/mol. The van der Waals surface area contributed by atoms with Gasteiger partial charge in [-0.2, -0.15) is 8.78 Å². The highest BCUT2D eigenvalue weighted by molar-refractivity contribution is 9.10. The molecule has 4 heteroatoms. The zero-order valence-electron chi connectivity index (χ0n) is 9.25. The molecule has 0 aliphatic carbocycles. The van der Waals surface area contributed by atoms with Crippen LogP contribution in [0.5, 0.6) is 0 Å². The molecular weight excluding hydrogens is 278 g/mol. The largest absolute Gasteiger partial charge is 0.378 e. The van der Waals surface area contributed by atoms with Gasteiger partial charge in [0.1, 0.15) is 0 Å². The third-order valence-electron chi connectivity index (χ3n) is 2.42. The van der Waals surface area contributed by atoms with E-state index in [1.807, 2.05) is 0 Å². The molecule has 16 heavy (non-hydrogen) atoms. The molecule has 0 heterocycles. The van der Waals surface area contributed by atoms with Gasteiger partial charge in [0, 0.05) is 0 Å². The molecule has 0 fully saturated rings. The van der Waals surface area contributed by atoms with Crippen LogP contribution in [-0.2, 0) is 5.60 Å². The van der Waals surface area contributed by atoms with Gasteiger partial charge in [0.2, 0.25) is 0 Å². The van der Waals surface area contributed by atoms with Crippen LogP contribution in [0.4, 0.5) is 8.78 Å².